The normalized spacial score (nSPS) is 14.6. The summed E-state index contributed by atoms with van der Waals surface area (Å²) in [5, 5.41) is 3.01. The zero-order valence-corrected chi connectivity index (χ0v) is 14.2. The Morgan fingerprint density at radius 2 is 1.92 bits per heavy atom. The van der Waals surface area contributed by atoms with E-state index in [-0.39, 0.29) is 5.02 Å². The van der Waals surface area contributed by atoms with Gasteiger partial charge in [0.2, 0.25) is 0 Å². The highest BCUT2D eigenvalue weighted by atomic mass is 35.5. The fraction of sp³-hybridized carbons (Fsp3) is 0.278. The Labute approximate surface area is 148 Å². The molecule has 1 aliphatic rings. The summed E-state index contributed by atoms with van der Waals surface area (Å²) in [6, 6.07) is 6.03. The zero-order valence-electron chi connectivity index (χ0n) is 13.4. The maximum atomic E-state index is 13.3. The molecule has 4 nitrogen and oxygen atoms in total. The number of halogens is 3. The van der Waals surface area contributed by atoms with Crippen molar-refractivity contribution in [2.45, 2.75) is 19.4 Å². The van der Waals surface area contributed by atoms with Gasteiger partial charge in [-0.05, 0) is 36.8 Å². The van der Waals surface area contributed by atoms with Crippen LogP contribution in [-0.4, -0.2) is 19.1 Å². The van der Waals surface area contributed by atoms with Crippen molar-refractivity contribution in [1.29, 1.82) is 0 Å². The molecule has 0 fully saturated rings. The lowest BCUT2D eigenvalue weighted by atomic mass is 10.1. The molecule has 1 unspecified atom stereocenters. The van der Waals surface area contributed by atoms with Crippen LogP contribution in [0.3, 0.4) is 0 Å². The van der Waals surface area contributed by atoms with Gasteiger partial charge in [0.05, 0.1) is 24.3 Å². The third-order valence-electron chi connectivity index (χ3n) is 3.86. The molecule has 1 heterocycles. The number of carbonyl (C=O) groups is 1. The summed E-state index contributed by atoms with van der Waals surface area (Å²) in [5.74, 6) is -1.47. The van der Waals surface area contributed by atoms with Crippen LogP contribution in [-0.2, 0) is 0 Å². The van der Waals surface area contributed by atoms with Gasteiger partial charge in [0, 0.05) is 12.0 Å². The molecule has 3 rings (SSSR count). The molecule has 25 heavy (non-hydrogen) atoms. The predicted octanol–water partition coefficient (Wildman–Crippen LogP) is 4.27. The topological polar surface area (TPSA) is 47.6 Å². The number of nitrogens with one attached hydrogen (secondary N) is 1. The molecule has 2 aromatic carbocycles. The van der Waals surface area contributed by atoms with Crippen LogP contribution in [0.1, 0.15) is 35.3 Å². The Morgan fingerprint density at radius 1 is 1.16 bits per heavy atom. The molecule has 1 atom stereocenters. The minimum absolute atomic E-state index is 0.282. The highest BCUT2D eigenvalue weighted by molar-refractivity contribution is 6.32. The fourth-order valence-electron chi connectivity index (χ4n) is 2.51. The van der Waals surface area contributed by atoms with E-state index in [0.29, 0.717) is 35.8 Å². The summed E-state index contributed by atoms with van der Waals surface area (Å²) in [7, 11) is 0. The second kappa shape index (κ2) is 7.27. The van der Waals surface area contributed by atoms with Crippen molar-refractivity contribution in [3.63, 3.8) is 0 Å². The van der Waals surface area contributed by atoms with Crippen molar-refractivity contribution in [3.8, 4) is 11.5 Å². The highest BCUT2D eigenvalue weighted by Crippen LogP contribution is 2.38. The number of rotatable bonds is 3. The van der Waals surface area contributed by atoms with Gasteiger partial charge < -0.3 is 14.8 Å². The molecule has 0 bridgehead atoms. The molecule has 0 aliphatic carbocycles. The van der Waals surface area contributed by atoms with E-state index in [1.165, 1.54) is 12.1 Å². The molecule has 0 saturated carbocycles. The molecule has 0 spiro atoms. The smallest absolute Gasteiger partial charge is 0.251 e. The molecule has 2 aromatic rings. The van der Waals surface area contributed by atoms with Crippen molar-refractivity contribution in [3.05, 3.63) is 58.1 Å². The summed E-state index contributed by atoms with van der Waals surface area (Å²) in [6.45, 7) is 2.64. The van der Waals surface area contributed by atoms with Crippen molar-refractivity contribution in [2.24, 2.45) is 0 Å². The second-order valence-corrected chi connectivity index (χ2v) is 6.11. The maximum absolute atomic E-state index is 13.3. The van der Waals surface area contributed by atoms with Gasteiger partial charge in [-0.3, -0.25) is 4.79 Å². The van der Waals surface area contributed by atoms with E-state index in [2.05, 4.69) is 5.32 Å². The van der Waals surface area contributed by atoms with E-state index in [0.717, 1.165) is 18.6 Å². The molecule has 0 saturated heterocycles. The van der Waals surface area contributed by atoms with Gasteiger partial charge in [0.25, 0.3) is 5.91 Å². The SMILES string of the molecule is CC(NC(=O)c1cc(Cl)c2c(c1)OCCCO2)c1ccc(F)c(F)c1. The summed E-state index contributed by atoms with van der Waals surface area (Å²) in [6.07, 6.45) is 0.722. The summed E-state index contributed by atoms with van der Waals surface area (Å²) in [5.41, 5.74) is 0.747. The number of amides is 1. The monoisotopic (exact) mass is 367 g/mol. The van der Waals surface area contributed by atoms with Crippen molar-refractivity contribution >= 4 is 17.5 Å². The Hall–Kier alpha value is -2.34. The second-order valence-electron chi connectivity index (χ2n) is 5.70. The zero-order chi connectivity index (χ0) is 18.0. The molecule has 7 heteroatoms. The van der Waals surface area contributed by atoms with Crippen LogP contribution in [0.15, 0.2) is 30.3 Å². The molecule has 0 radical (unpaired) electrons. The van der Waals surface area contributed by atoms with E-state index in [1.54, 1.807) is 13.0 Å². The number of carbonyl (C=O) groups excluding carboxylic acids is 1. The van der Waals surface area contributed by atoms with E-state index >= 15 is 0 Å². The molecular weight excluding hydrogens is 352 g/mol. The van der Waals surface area contributed by atoms with Gasteiger partial charge in [0.1, 0.15) is 0 Å². The molecule has 1 N–H and O–H groups in total. The fourth-order valence-corrected chi connectivity index (χ4v) is 2.77. The van der Waals surface area contributed by atoms with Crippen LogP contribution >= 0.6 is 11.6 Å². The number of hydrogen-bond donors (Lipinski definition) is 1. The Bertz CT molecular complexity index is 813. The van der Waals surface area contributed by atoms with Crippen LogP contribution in [0.25, 0.3) is 0 Å². The first-order valence-electron chi connectivity index (χ1n) is 7.80. The quantitative estimate of drug-likeness (QED) is 0.881. The number of ether oxygens (including phenoxy) is 2. The first-order valence-corrected chi connectivity index (χ1v) is 8.18. The number of hydrogen-bond acceptors (Lipinski definition) is 3. The Morgan fingerprint density at radius 3 is 2.68 bits per heavy atom. The van der Waals surface area contributed by atoms with Crippen LogP contribution < -0.4 is 14.8 Å². The van der Waals surface area contributed by atoms with E-state index in [1.807, 2.05) is 0 Å². The minimum Gasteiger partial charge on any atom is -0.489 e. The average molecular weight is 368 g/mol. The third kappa shape index (κ3) is 3.85. The molecule has 1 amide bonds. The molecule has 132 valence electrons. The van der Waals surface area contributed by atoms with Gasteiger partial charge >= 0.3 is 0 Å². The summed E-state index contributed by atoms with van der Waals surface area (Å²) >= 11 is 6.18. The van der Waals surface area contributed by atoms with Crippen molar-refractivity contribution in [2.75, 3.05) is 13.2 Å². The third-order valence-corrected chi connectivity index (χ3v) is 4.14. The van der Waals surface area contributed by atoms with Crippen LogP contribution in [0.5, 0.6) is 11.5 Å². The minimum atomic E-state index is -0.961. The van der Waals surface area contributed by atoms with Gasteiger partial charge in [0.15, 0.2) is 23.1 Å². The predicted molar refractivity (Wildman–Crippen MR) is 89.3 cm³/mol. The van der Waals surface area contributed by atoms with E-state index in [9.17, 15) is 13.6 Å². The van der Waals surface area contributed by atoms with Gasteiger partial charge in [-0.25, -0.2) is 8.78 Å². The first kappa shape index (κ1) is 17.5. The molecular formula is C18H16ClF2NO3. The number of benzene rings is 2. The van der Waals surface area contributed by atoms with E-state index < -0.39 is 23.6 Å². The van der Waals surface area contributed by atoms with E-state index in [4.69, 9.17) is 21.1 Å². The standard InChI is InChI=1S/C18H16ClF2NO3/c1-10(11-3-4-14(20)15(21)8-11)22-18(23)12-7-13(19)17-16(9-12)24-5-2-6-25-17/h3-4,7-10H,2,5-6H2,1H3,(H,22,23). The lowest BCUT2D eigenvalue weighted by molar-refractivity contribution is 0.0939. The van der Waals surface area contributed by atoms with Gasteiger partial charge in [-0.2, -0.15) is 0 Å². The number of fused-ring (bicyclic) bond motifs is 1. The lowest BCUT2D eigenvalue weighted by Crippen LogP contribution is -2.26. The van der Waals surface area contributed by atoms with Crippen molar-refractivity contribution < 1.29 is 23.0 Å². The van der Waals surface area contributed by atoms with Crippen molar-refractivity contribution in [1.82, 2.24) is 5.32 Å². The van der Waals surface area contributed by atoms with Crippen LogP contribution in [0.2, 0.25) is 5.02 Å². The Kier molecular flexibility index (Phi) is 5.08. The highest BCUT2D eigenvalue weighted by Gasteiger charge is 2.20. The summed E-state index contributed by atoms with van der Waals surface area (Å²) in [4.78, 5) is 12.5. The average Bonchev–Trinajstić information content (AvgIpc) is 2.83. The first-order chi connectivity index (χ1) is 12.0. The molecule has 0 aromatic heterocycles. The van der Waals surface area contributed by atoms with Crippen LogP contribution in [0.4, 0.5) is 8.78 Å². The molecule has 1 aliphatic heterocycles. The Balaban J connectivity index is 1.80. The van der Waals surface area contributed by atoms with Gasteiger partial charge in [-0.15, -0.1) is 0 Å². The maximum Gasteiger partial charge on any atom is 0.251 e. The van der Waals surface area contributed by atoms with Crippen LogP contribution in [0, 0.1) is 11.6 Å². The largest absolute Gasteiger partial charge is 0.489 e. The summed E-state index contributed by atoms with van der Waals surface area (Å²) < 4.78 is 37.4. The van der Waals surface area contributed by atoms with Gasteiger partial charge in [-0.1, -0.05) is 17.7 Å². The lowest BCUT2D eigenvalue weighted by Gasteiger charge is -2.16.